The zero-order valence-electron chi connectivity index (χ0n) is 13.8. The second-order valence-corrected chi connectivity index (χ2v) is 9.19. The fourth-order valence-corrected chi connectivity index (χ4v) is 4.15. The first kappa shape index (κ1) is 18.9. The summed E-state index contributed by atoms with van der Waals surface area (Å²) in [6.07, 6.45) is 0. The highest BCUT2D eigenvalue weighted by molar-refractivity contribution is 7.88. The minimum atomic E-state index is -3.81. The molecule has 24 heavy (non-hydrogen) atoms. The zero-order chi connectivity index (χ0) is 18.0. The van der Waals surface area contributed by atoms with Gasteiger partial charge >= 0.3 is 5.97 Å². The monoisotopic (exact) mass is 371 g/mol. The number of carboxylic acid groups (broad SMARTS) is 1. The summed E-state index contributed by atoms with van der Waals surface area (Å²) in [6, 6.07) is 5.99. The number of thiophene rings is 1. The van der Waals surface area contributed by atoms with Crippen LogP contribution in [0.5, 0.6) is 0 Å². The Morgan fingerprint density at radius 3 is 2.67 bits per heavy atom. The van der Waals surface area contributed by atoms with Crippen molar-refractivity contribution in [3.63, 3.8) is 0 Å². The van der Waals surface area contributed by atoms with Crippen LogP contribution in [0.1, 0.15) is 26.3 Å². The van der Waals surface area contributed by atoms with Crippen molar-refractivity contribution >= 4 is 37.4 Å². The molecular weight excluding hydrogens is 350 g/mol. The van der Waals surface area contributed by atoms with Crippen molar-refractivity contribution in [3.05, 3.63) is 35.2 Å². The Hall–Kier alpha value is -1.48. The highest BCUT2D eigenvalue weighted by atomic mass is 32.2. The van der Waals surface area contributed by atoms with Crippen LogP contribution in [-0.2, 0) is 25.3 Å². The topological polar surface area (TPSA) is 92.7 Å². The molecule has 2 rings (SSSR count). The first-order chi connectivity index (χ1) is 11.1. The normalized spacial score (nSPS) is 14.0. The number of benzene rings is 1. The molecule has 0 amide bonds. The van der Waals surface area contributed by atoms with Crippen LogP contribution in [0, 0.1) is 0 Å². The summed E-state index contributed by atoms with van der Waals surface area (Å²) in [5.41, 5.74) is 0.0534. The molecule has 0 aliphatic heterocycles. The van der Waals surface area contributed by atoms with Crippen LogP contribution in [0.2, 0.25) is 0 Å². The van der Waals surface area contributed by atoms with E-state index in [4.69, 9.17) is 4.74 Å². The molecule has 0 spiro atoms. The summed E-state index contributed by atoms with van der Waals surface area (Å²) in [7, 11) is -3.81. The highest BCUT2D eigenvalue weighted by Gasteiger charge is 2.26. The van der Waals surface area contributed by atoms with Crippen molar-refractivity contribution in [2.24, 2.45) is 0 Å². The fraction of sp³-hybridized carbons (Fsp3) is 0.438. The van der Waals surface area contributed by atoms with Gasteiger partial charge in [-0.1, -0.05) is 6.07 Å². The first-order valence-electron chi connectivity index (χ1n) is 7.39. The number of fused-ring (bicyclic) bond motifs is 1. The van der Waals surface area contributed by atoms with Gasteiger partial charge in [0.1, 0.15) is 6.04 Å². The summed E-state index contributed by atoms with van der Waals surface area (Å²) in [4.78, 5) is 11.3. The third-order valence-corrected chi connectivity index (χ3v) is 5.43. The van der Waals surface area contributed by atoms with E-state index in [0.717, 1.165) is 10.1 Å². The maximum Gasteiger partial charge on any atom is 0.324 e. The minimum absolute atomic E-state index is 0.234. The maximum absolute atomic E-state index is 12.3. The number of carboxylic acids is 1. The standard InChI is InChI=1S/C16H21NO5S2/c1-16(2,3)22-9-13(15(18)19)17-24(20,21)10-11-4-5-14-12(8-11)6-7-23-14/h4-8,13,17H,9-10H2,1-3H3,(H,18,19). The molecule has 6 nitrogen and oxygen atoms in total. The molecular formula is C16H21NO5S2. The Labute approximate surface area is 145 Å². The van der Waals surface area contributed by atoms with E-state index in [-0.39, 0.29) is 12.4 Å². The van der Waals surface area contributed by atoms with Crippen LogP contribution in [0.15, 0.2) is 29.6 Å². The average molecular weight is 371 g/mol. The van der Waals surface area contributed by atoms with E-state index in [1.165, 1.54) is 0 Å². The number of sulfonamides is 1. The molecule has 0 aliphatic carbocycles. The Kier molecular flexibility index (Phi) is 5.64. The van der Waals surface area contributed by atoms with Gasteiger partial charge in [-0.25, -0.2) is 8.42 Å². The molecule has 0 saturated heterocycles. The molecule has 1 heterocycles. The van der Waals surface area contributed by atoms with E-state index in [9.17, 15) is 18.3 Å². The number of nitrogens with one attached hydrogen (secondary N) is 1. The predicted octanol–water partition coefficient (Wildman–Crippen LogP) is 2.59. The molecule has 132 valence electrons. The lowest BCUT2D eigenvalue weighted by Gasteiger charge is -2.23. The SMILES string of the molecule is CC(C)(C)OCC(NS(=O)(=O)Cc1ccc2sccc2c1)C(=O)O. The quantitative estimate of drug-likeness (QED) is 0.780. The first-order valence-corrected chi connectivity index (χ1v) is 9.92. The van der Waals surface area contributed by atoms with Gasteiger partial charge in [-0.15, -0.1) is 11.3 Å². The molecule has 0 aliphatic rings. The van der Waals surface area contributed by atoms with Crippen LogP contribution in [0.25, 0.3) is 10.1 Å². The number of ether oxygens (including phenoxy) is 1. The number of rotatable bonds is 7. The van der Waals surface area contributed by atoms with Crippen molar-refractivity contribution in [2.75, 3.05) is 6.61 Å². The summed E-state index contributed by atoms with van der Waals surface area (Å²) in [6.45, 7) is 5.09. The van der Waals surface area contributed by atoms with E-state index < -0.39 is 27.6 Å². The second-order valence-electron chi connectivity index (χ2n) is 6.48. The van der Waals surface area contributed by atoms with Gasteiger partial charge in [-0.2, -0.15) is 4.72 Å². The Morgan fingerprint density at radius 1 is 1.33 bits per heavy atom. The molecule has 1 atom stereocenters. The average Bonchev–Trinajstić information content (AvgIpc) is 2.89. The lowest BCUT2D eigenvalue weighted by atomic mass is 10.2. The zero-order valence-corrected chi connectivity index (χ0v) is 15.4. The van der Waals surface area contributed by atoms with Gasteiger partial charge in [0.05, 0.1) is 18.0 Å². The summed E-state index contributed by atoms with van der Waals surface area (Å²) < 4.78 is 33.2. The van der Waals surface area contributed by atoms with Crippen LogP contribution in [-0.4, -0.2) is 37.7 Å². The molecule has 8 heteroatoms. The van der Waals surface area contributed by atoms with E-state index in [1.54, 1.807) is 44.2 Å². The van der Waals surface area contributed by atoms with Crippen molar-refractivity contribution in [3.8, 4) is 0 Å². The third-order valence-electron chi connectivity index (χ3n) is 3.18. The summed E-state index contributed by atoms with van der Waals surface area (Å²) >= 11 is 1.58. The Bertz CT molecular complexity index is 820. The second kappa shape index (κ2) is 7.18. The van der Waals surface area contributed by atoms with Gasteiger partial charge < -0.3 is 9.84 Å². The lowest BCUT2D eigenvalue weighted by Crippen LogP contribution is -2.45. The van der Waals surface area contributed by atoms with Gasteiger partial charge in [0.2, 0.25) is 10.0 Å². The molecule has 1 aromatic heterocycles. The van der Waals surface area contributed by atoms with Gasteiger partial charge in [0.15, 0.2) is 0 Å². The molecule has 2 N–H and O–H groups in total. The van der Waals surface area contributed by atoms with Gasteiger partial charge in [0, 0.05) is 4.70 Å². The van der Waals surface area contributed by atoms with Gasteiger partial charge in [-0.05, 0) is 55.3 Å². The number of carbonyl (C=O) groups is 1. The molecule has 2 aromatic rings. The largest absolute Gasteiger partial charge is 0.480 e. The van der Waals surface area contributed by atoms with E-state index >= 15 is 0 Å². The van der Waals surface area contributed by atoms with E-state index in [0.29, 0.717) is 5.56 Å². The highest BCUT2D eigenvalue weighted by Crippen LogP contribution is 2.22. The maximum atomic E-state index is 12.3. The van der Waals surface area contributed by atoms with E-state index in [2.05, 4.69) is 4.72 Å². The van der Waals surface area contributed by atoms with Crippen LogP contribution < -0.4 is 4.72 Å². The predicted molar refractivity (Wildman–Crippen MR) is 94.7 cm³/mol. The number of hydrogen-bond donors (Lipinski definition) is 2. The fourth-order valence-electron chi connectivity index (χ4n) is 2.07. The number of aliphatic carboxylic acids is 1. The van der Waals surface area contributed by atoms with Crippen LogP contribution in [0.4, 0.5) is 0 Å². The summed E-state index contributed by atoms with van der Waals surface area (Å²) in [5, 5.41) is 12.1. The van der Waals surface area contributed by atoms with Crippen molar-refractivity contribution in [1.82, 2.24) is 4.72 Å². The van der Waals surface area contributed by atoms with Gasteiger partial charge in [0.25, 0.3) is 0 Å². The van der Waals surface area contributed by atoms with Crippen LogP contribution >= 0.6 is 11.3 Å². The summed E-state index contributed by atoms with van der Waals surface area (Å²) in [5.74, 6) is -1.55. The Morgan fingerprint density at radius 2 is 2.04 bits per heavy atom. The molecule has 1 unspecified atom stereocenters. The Balaban J connectivity index is 2.08. The number of hydrogen-bond acceptors (Lipinski definition) is 5. The molecule has 1 aromatic carbocycles. The van der Waals surface area contributed by atoms with E-state index in [1.807, 2.05) is 17.5 Å². The van der Waals surface area contributed by atoms with Crippen molar-refractivity contribution in [2.45, 2.75) is 38.2 Å². The van der Waals surface area contributed by atoms with Crippen molar-refractivity contribution < 1.29 is 23.1 Å². The molecule has 0 saturated carbocycles. The smallest absolute Gasteiger partial charge is 0.324 e. The molecule has 0 radical (unpaired) electrons. The van der Waals surface area contributed by atoms with Crippen molar-refractivity contribution in [1.29, 1.82) is 0 Å². The molecule has 0 bridgehead atoms. The van der Waals surface area contributed by atoms with Crippen LogP contribution in [0.3, 0.4) is 0 Å². The van der Waals surface area contributed by atoms with Gasteiger partial charge in [-0.3, -0.25) is 4.79 Å². The minimum Gasteiger partial charge on any atom is -0.480 e. The third kappa shape index (κ3) is 5.55. The lowest BCUT2D eigenvalue weighted by molar-refractivity contribution is -0.142. The molecule has 0 fully saturated rings.